The molecule has 0 N–H and O–H groups in total. The molecule has 5 nitrogen and oxygen atoms in total. The monoisotopic (exact) mass is 321 g/mol. The van der Waals surface area contributed by atoms with Gasteiger partial charge in [0.15, 0.2) is 0 Å². The molecule has 124 valence electrons. The number of nitrogens with zero attached hydrogens (tertiary/aromatic N) is 1. The van der Waals surface area contributed by atoms with E-state index in [1.165, 1.54) is 36.3 Å². The zero-order valence-corrected chi connectivity index (χ0v) is 13.6. The molecule has 0 atom stereocenters. The number of carbonyl (C=O) groups excluding carboxylic acids is 1. The van der Waals surface area contributed by atoms with Crippen LogP contribution in [-0.2, 0) is 11.3 Å². The minimum atomic E-state index is -0.643. The minimum absolute atomic E-state index is 0.143. The second-order valence-corrected chi connectivity index (χ2v) is 5.97. The molecule has 1 heterocycles. The van der Waals surface area contributed by atoms with Crippen LogP contribution in [0, 0.1) is 5.82 Å². The summed E-state index contributed by atoms with van der Waals surface area (Å²) in [6.45, 7) is 5.49. The van der Waals surface area contributed by atoms with Crippen molar-refractivity contribution in [2.75, 3.05) is 12.0 Å². The van der Waals surface area contributed by atoms with Crippen molar-refractivity contribution in [1.29, 1.82) is 0 Å². The summed E-state index contributed by atoms with van der Waals surface area (Å²) in [5.41, 5.74) is -0.132. The molecule has 23 heavy (non-hydrogen) atoms. The largest absolute Gasteiger partial charge is 0.468 e. The molecule has 0 aliphatic rings. The summed E-state index contributed by atoms with van der Waals surface area (Å²) in [6.07, 6.45) is -0.542. The summed E-state index contributed by atoms with van der Waals surface area (Å²) >= 11 is 0. The Morgan fingerprint density at radius 3 is 2.35 bits per heavy atom. The van der Waals surface area contributed by atoms with E-state index in [0.29, 0.717) is 17.4 Å². The van der Waals surface area contributed by atoms with E-state index in [1.807, 2.05) is 0 Å². The molecule has 0 radical (unpaired) electrons. The third kappa shape index (κ3) is 4.74. The Hall–Kier alpha value is -2.50. The zero-order chi connectivity index (χ0) is 17.0. The van der Waals surface area contributed by atoms with Crippen LogP contribution in [0.25, 0.3) is 0 Å². The molecule has 0 saturated heterocycles. The highest BCUT2D eigenvalue weighted by Gasteiger charge is 2.24. The number of halogens is 1. The molecular weight excluding hydrogens is 301 g/mol. The van der Waals surface area contributed by atoms with E-state index < -0.39 is 11.7 Å². The summed E-state index contributed by atoms with van der Waals surface area (Å²) in [6, 6.07) is 8.97. The van der Waals surface area contributed by atoms with Crippen LogP contribution in [0.5, 0.6) is 5.95 Å². The number of hydrogen-bond acceptors (Lipinski definition) is 4. The fourth-order valence-electron chi connectivity index (χ4n) is 1.91. The fraction of sp³-hybridized carbons (Fsp3) is 0.353. The Kier molecular flexibility index (Phi) is 4.93. The van der Waals surface area contributed by atoms with Crippen molar-refractivity contribution in [1.82, 2.24) is 0 Å². The average molecular weight is 321 g/mol. The Morgan fingerprint density at radius 2 is 1.83 bits per heavy atom. The number of anilines is 1. The molecule has 0 fully saturated rings. The van der Waals surface area contributed by atoms with Gasteiger partial charge in [0.05, 0.1) is 13.7 Å². The minimum Gasteiger partial charge on any atom is -0.468 e. The van der Waals surface area contributed by atoms with E-state index in [4.69, 9.17) is 13.9 Å². The normalized spacial score (nSPS) is 11.2. The smallest absolute Gasteiger partial charge is 0.415 e. The maximum Gasteiger partial charge on any atom is 0.415 e. The third-order valence-corrected chi connectivity index (χ3v) is 2.90. The van der Waals surface area contributed by atoms with Crippen LogP contribution in [0.15, 0.2) is 40.8 Å². The summed E-state index contributed by atoms with van der Waals surface area (Å²) in [5.74, 6) is 0.498. The number of rotatable bonds is 4. The number of hydrogen-bond donors (Lipinski definition) is 0. The molecule has 1 aromatic carbocycles. The predicted octanol–water partition coefficient (Wildman–Crippen LogP) is 4.37. The first-order valence-electron chi connectivity index (χ1n) is 7.17. The number of ether oxygens (including phenoxy) is 2. The molecule has 0 bridgehead atoms. The van der Waals surface area contributed by atoms with Crippen molar-refractivity contribution < 1.29 is 23.1 Å². The van der Waals surface area contributed by atoms with E-state index in [0.717, 1.165) is 0 Å². The second-order valence-electron chi connectivity index (χ2n) is 5.97. The van der Waals surface area contributed by atoms with Crippen LogP contribution >= 0.6 is 0 Å². The quantitative estimate of drug-likeness (QED) is 0.839. The second kappa shape index (κ2) is 6.73. The Labute approximate surface area is 134 Å². The first-order valence-corrected chi connectivity index (χ1v) is 7.17. The van der Waals surface area contributed by atoms with Crippen LogP contribution in [0.3, 0.4) is 0 Å². The van der Waals surface area contributed by atoms with Gasteiger partial charge in [0, 0.05) is 11.8 Å². The number of carbonyl (C=O) groups is 1. The van der Waals surface area contributed by atoms with Crippen molar-refractivity contribution in [3.05, 3.63) is 48.0 Å². The van der Waals surface area contributed by atoms with Gasteiger partial charge < -0.3 is 13.9 Å². The van der Waals surface area contributed by atoms with Gasteiger partial charge in [0.2, 0.25) is 0 Å². The van der Waals surface area contributed by atoms with Crippen molar-refractivity contribution in [2.45, 2.75) is 32.9 Å². The van der Waals surface area contributed by atoms with E-state index in [1.54, 1.807) is 32.9 Å². The van der Waals surface area contributed by atoms with Gasteiger partial charge in [-0.2, -0.15) is 0 Å². The zero-order valence-electron chi connectivity index (χ0n) is 13.6. The average Bonchev–Trinajstić information content (AvgIpc) is 2.92. The van der Waals surface area contributed by atoms with Crippen molar-refractivity contribution in [2.24, 2.45) is 0 Å². The van der Waals surface area contributed by atoms with Gasteiger partial charge in [-0.25, -0.2) is 9.18 Å². The number of benzene rings is 1. The molecule has 1 amide bonds. The fourth-order valence-corrected chi connectivity index (χ4v) is 1.91. The van der Waals surface area contributed by atoms with Crippen LogP contribution < -0.4 is 9.64 Å². The lowest BCUT2D eigenvalue weighted by molar-refractivity contribution is 0.0574. The highest BCUT2D eigenvalue weighted by atomic mass is 19.1. The summed E-state index contributed by atoms with van der Waals surface area (Å²) in [5, 5.41) is 0. The van der Waals surface area contributed by atoms with Gasteiger partial charge in [-0.05, 0) is 51.1 Å². The Balaban J connectivity index is 2.26. The van der Waals surface area contributed by atoms with Gasteiger partial charge in [-0.1, -0.05) is 0 Å². The molecule has 6 heteroatoms. The van der Waals surface area contributed by atoms with Crippen LogP contribution in [0.2, 0.25) is 0 Å². The van der Waals surface area contributed by atoms with Gasteiger partial charge in [0.1, 0.15) is 17.2 Å². The summed E-state index contributed by atoms with van der Waals surface area (Å²) in [4.78, 5) is 13.8. The lowest BCUT2D eigenvalue weighted by Gasteiger charge is -2.27. The van der Waals surface area contributed by atoms with Crippen molar-refractivity contribution in [3.8, 4) is 5.95 Å². The van der Waals surface area contributed by atoms with E-state index in [9.17, 15) is 9.18 Å². The highest BCUT2D eigenvalue weighted by Crippen LogP contribution is 2.23. The van der Waals surface area contributed by atoms with Gasteiger partial charge in [0.25, 0.3) is 5.95 Å². The summed E-state index contributed by atoms with van der Waals surface area (Å²) < 4.78 is 29.0. The topological polar surface area (TPSA) is 51.9 Å². The van der Waals surface area contributed by atoms with Crippen LogP contribution in [0.1, 0.15) is 26.5 Å². The van der Waals surface area contributed by atoms with Gasteiger partial charge in [-0.3, -0.25) is 4.90 Å². The first kappa shape index (κ1) is 16.9. The number of methoxy groups -OCH3 is 1. The third-order valence-electron chi connectivity index (χ3n) is 2.90. The van der Waals surface area contributed by atoms with Crippen LogP contribution in [-0.4, -0.2) is 18.8 Å². The van der Waals surface area contributed by atoms with E-state index >= 15 is 0 Å². The Morgan fingerprint density at radius 1 is 1.17 bits per heavy atom. The van der Waals surface area contributed by atoms with E-state index in [-0.39, 0.29) is 12.4 Å². The van der Waals surface area contributed by atoms with E-state index in [2.05, 4.69) is 0 Å². The van der Waals surface area contributed by atoms with Gasteiger partial charge >= 0.3 is 6.09 Å². The van der Waals surface area contributed by atoms with Crippen molar-refractivity contribution >= 4 is 11.8 Å². The molecule has 2 aromatic rings. The highest BCUT2D eigenvalue weighted by molar-refractivity contribution is 5.87. The maximum absolute atomic E-state index is 13.1. The SMILES string of the molecule is COc1ccc(CN(C(=O)OC(C)(C)C)c2ccc(F)cc2)o1. The predicted molar refractivity (Wildman–Crippen MR) is 84.1 cm³/mol. The molecule has 0 aliphatic heterocycles. The summed E-state index contributed by atoms with van der Waals surface area (Å²) in [7, 11) is 1.49. The Bertz CT molecular complexity index is 658. The molecule has 0 spiro atoms. The molecule has 2 rings (SSSR count). The first-order chi connectivity index (χ1) is 10.8. The molecule has 0 saturated carbocycles. The molecule has 0 unspecified atom stereocenters. The van der Waals surface area contributed by atoms with Gasteiger partial charge in [-0.15, -0.1) is 0 Å². The molecular formula is C17H20FNO4. The number of amides is 1. The lowest BCUT2D eigenvalue weighted by Crippen LogP contribution is -2.36. The maximum atomic E-state index is 13.1. The molecule has 1 aromatic heterocycles. The lowest BCUT2D eigenvalue weighted by atomic mass is 10.2. The molecule has 0 aliphatic carbocycles. The van der Waals surface area contributed by atoms with Crippen LogP contribution in [0.4, 0.5) is 14.9 Å². The number of furan rings is 1. The standard InChI is InChI=1S/C17H20FNO4/c1-17(2,3)23-16(20)19(13-7-5-12(18)6-8-13)11-14-9-10-15(21-4)22-14/h5-10H,11H2,1-4H3. The van der Waals surface area contributed by atoms with Crippen molar-refractivity contribution in [3.63, 3.8) is 0 Å².